The van der Waals surface area contributed by atoms with Gasteiger partial charge < -0.3 is 21.9 Å². The van der Waals surface area contributed by atoms with Crippen LogP contribution in [0.3, 0.4) is 0 Å². The number of fused-ring (bicyclic) bond motifs is 1. The largest absolute Gasteiger partial charge is 0.483 e. The number of carboxylic acid groups (broad SMARTS) is 1. The lowest BCUT2D eigenvalue weighted by atomic mass is 9.90. The molecule has 1 unspecified atom stereocenters. The summed E-state index contributed by atoms with van der Waals surface area (Å²) in [6.07, 6.45) is 3.98. The van der Waals surface area contributed by atoms with E-state index in [0.29, 0.717) is 18.1 Å². The van der Waals surface area contributed by atoms with E-state index in [1.807, 2.05) is 0 Å². The highest BCUT2D eigenvalue weighted by Gasteiger charge is 2.27. The maximum Gasteiger partial charge on any atom is 0.290 e. The molecule has 0 aliphatic heterocycles. The van der Waals surface area contributed by atoms with E-state index >= 15 is 0 Å². The number of amides is 1. The van der Waals surface area contributed by atoms with E-state index in [-0.39, 0.29) is 24.3 Å². The number of hydrogen-bond donors (Lipinski definition) is 4. The SMILES string of the molecule is C=CCNC(=O)C1CCc2nc(N=C(N)N)sc2C1.O=CO. The Labute approximate surface area is 131 Å². The molecule has 0 aromatic carbocycles. The molecule has 8 nitrogen and oxygen atoms in total. The minimum Gasteiger partial charge on any atom is -0.483 e. The van der Waals surface area contributed by atoms with Crippen LogP contribution in [-0.2, 0) is 22.4 Å². The Bertz CT molecular complexity index is 566. The van der Waals surface area contributed by atoms with Crippen molar-refractivity contribution in [2.75, 3.05) is 6.54 Å². The normalized spacial score (nSPS) is 15.5. The van der Waals surface area contributed by atoms with E-state index in [2.05, 4.69) is 21.9 Å². The van der Waals surface area contributed by atoms with Crippen molar-refractivity contribution < 1.29 is 14.7 Å². The summed E-state index contributed by atoms with van der Waals surface area (Å²) in [6, 6.07) is 0. The van der Waals surface area contributed by atoms with Crippen molar-refractivity contribution in [3.63, 3.8) is 0 Å². The molecule has 0 spiro atoms. The number of aromatic nitrogens is 1. The van der Waals surface area contributed by atoms with Gasteiger partial charge in [-0.05, 0) is 19.3 Å². The molecule has 2 rings (SSSR count). The third-order valence-electron chi connectivity index (χ3n) is 2.94. The summed E-state index contributed by atoms with van der Waals surface area (Å²) in [7, 11) is 0. The van der Waals surface area contributed by atoms with Crippen LogP contribution in [0, 0.1) is 5.92 Å². The molecule has 0 bridgehead atoms. The molecule has 0 fully saturated rings. The monoisotopic (exact) mass is 325 g/mol. The summed E-state index contributed by atoms with van der Waals surface area (Å²) in [6.45, 7) is 3.84. The summed E-state index contributed by atoms with van der Waals surface area (Å²) < 4.78 is 0. The summed E-state index contributed by atoms with van der Waals surface area (Å²) in [5.74, 6) is 0.0775. The Balaban J connectivity index is 0.000000745. The maximum atomic E-state index is 11.9. The second-order valence-corrected chi connectivity index (χ2v) is 5.54. The van der Waals surface area contributed by atoms with Gasteiger partial charge in [0.1, 0.15) is 0 Å². The molecule has 22 heavy (non-hydrogen) atoms. The van der Waals surface area contributed by atoms with Crippen LogP contribution in [0.15, 0.2) is 17.6 Å². The van der Waals surface area contributed by atoms with E-state index in [9.17, 15) is 4.79 Å². The highest BCUT2D eigenvalue weighted by molar-refractivity contribution is 7.15. The van der Waals surface area contributed by atoms with E-state index < -0.39 is 0 Å². The van der Waals surface area contributed by atoms with Crippen LogP contribution in [0.2, 0.25) is 0 Å². The van der Waals surface area contributed by atoms with Crippen LogP contribution in [0.4, 0.5) is 5.13 Å². The number of guanidine groups is 1. The quantitative estimate of drug-likeness (QED) is 0.268. The fraction of sp³-hybridized carbons (Fsp3) is 0.385. The van der Waals surface area contributed by atoms with Crippen molar-refractivity contribution in [2.24, 2.45) is 22.4 Å². The number of hydrogen-bond acceptors (Lipinski definition) is 5. The van der Waals surface area contributed by atoms with E-state index in [1.54, 1.807) is 6.08 Å². The van der Waals surface area contributed by atoms with Crippen molar-refractivity contribution >= 4 is 34.8 Å². The van der Waals surface area contributed by atoms with E-state index in [1.165, 1.54) is 11.3 Å². The van der Waals surface area contributed by atoms with E-state index in [0.717, 1.165) is 23.4 Å². The summed E-state index contributed by atoms with van der Waals surface area (Å²) in [5, 5.41) is 10.3. The zero-order valence-corrected chi connectivity index (χ0v) is 12.8. The number of nitrogens with two attached hydrogens (primary N) is 2. The average molecular weight is 325 g/mol. The van der Waals surface area contributed by atoms with Gasteiger partial charge >= 0.3 is 0 Å². The van der Waals surface area contributed by atoms with Gasteiger partial charge in [0, 0.05) is 17.3 Å². The molecule has 9 heteroatoms. The Morgan fingerprint density at radius 1 is 1.59 bits per heavy atom. The molecular weight excluding hydrogens is 306 g/mol. The van der Waals surface area contributed by atoms with Crippen LogP contribution in [0.25, 0.3) is 0 Å². The first-order chi connectivity index (χ1) is 10.5. The van der Waals surface area contributed by atoms with Gasteiger partial charge in [-0.1, -0.05) is 17.4 Å². The van der Waals surface area contributed by atoms with Crippen molar-refractivity contribution in [1.29, 1.82) is 0 Å². The molecule has 120 valence electrons. The first-order valence-corrected chi connectivity index (χ1v) is 7.38. The molecular formula is C13H19N5O3S. The summed E-state index contributed by atoms with van der Waals surface area (Å²) in [5.41, 5.74) is 11.7. The maximum absolute atomic E-state index is 11.9. The molecule has 0 saturated carbocycles. The molecule has 1 aromatic heterocycles. The highest BCUT2D eigenvalue weighted by atomic mass is 32.1. The van der Waals surface area contributed by atoms with Gasteiger partial charge in [0.15, 0.2) is 5.96 Å². The van der Waals surface area contributed by atoms with Gasteiger partial charge in [-0.3, -0.25) is 9.59 Å². The Morgan fingerprint density at radius 2 is 2.27 bits per heavy atom. The second-order valence-electron chi connectivity index (χ2n) is 4.48. The lowest BCUT2D eigenvalue weighted by Crippen LogP contribution is -2.33. The fourth-order valence-corrected chi connectivity index (χ4v) is 3.14. The lowest BCUT2D eigenvalue weighted by molar-refractivity contribution is -0.125. The number of aryl methyl sites for hydroxylation is 1. The van der Waals surface area contributed by atoms with Gasteiger partial charge in [0.05, 0.1) is 5.69 Å². The van der Waals surface area contributed by atoms with Gasteiger partial charge in [-0.15, -0.1) is 6.58 Å². The van der Waals surface area contributed by atoms with Crippen LogP contribution in [0.1, 0.15) is 17.0 Å². The molecule has 1 aromatic rings. The minimum atomic E-state index is -0.250. The lowest BCUT2D eigenvalue weighted by Gasteiger charge is -2.19. The zero-order valence-electron chi connectivity index (χ0n) is 12.0. The van der Waals surface area contributed by atoms with Crippen LogP contribution in [-0.4, -0.2) is 35.0 Å². The number of nitrogens with zero attached hydrogens (tertiary/aromatic N) is 2. The first kappa shape index (κ1) is 17.6. The van der Waals surface area contributed by atoms with Gasteiger partial charge in [0.25, 0.3) is 6.47 Å². The standard InChI is InChI=1S/C12H17N5OS.CH2O2/c1-2-5-15-10(18)7-3-4-8-9(6-7)19-12(16-8)17-11(13)14;2-1-3/h2,7H,1,3-6H2,(H,15,18)(H4,13,14,16,17);1H,(H,2,3). The number of carbonyl (C=O) groups excluding carboxylic acids is 1. The van der Waals surface area contributed by atoms with Crippen molar-refractivity contribution in [3.8, 4) is 0 Å². The van der Waals surface area contributed by atoms with Crippen molar-refractivity contribution in [1.82, 2.24) is 10.3 Å². The van der Waals surface area contributed by atoms with Crippen LogP contribution in [0.5, 0.6) is 0 Å². The average Bonchev–Trinajstić information content (AvgIpc) is 2.85. The Hall–Kier alpha value is -2.42. The van der Waals surface area contributed by atoms with Crippen molar-refractivity contribution in [2.45, 2.75) is 19.3 Å². The van der Waals surface area contributed by atoms with Crippen molar-refractivity contribution in [3.05, 3.63) is 23.2 Å². The molecule has 6 N–H and O–H groups in total. The van der Waals surface area contributed by atoms with Gasteiger partial charge in [0.2, 0.25) is 11.0 Å². The summed E-state index contributed by atoms with van der Waals surface area (Å²) in [4.78, 5) is 29.7. The number of carbonyl (C=O) groups is 2. The molecule has 1 heterocycles. The zero-order chi connectivity index (χ0) is 16.5. The molecule has 1 atom stereocenters. The van der Waals surface area contributed by atoms with Gasteiger partial charge in [-0.25, -0.2) is 4.98 Å². The number of aliphatic imine (C=N–C) groups is 1. The van der Waals surface area contributed by atoms with E-state index in [4.69, 9.17) is 21.4 Å². The van der Waals surface area contributed by atoms with Crippen LogP contribution >= 0.6 is 11.3 Å². The predicted octanol–water partition coefficient (Wildman–Crippen LogP) is 0.156. The third-order valence-corrected chi connectivity index (χ3v) is 3.96. The first-order valence-electron chi connectivity index (χ1n) is 6.56. The molecule has 1 amide bonds. The predicted molar refractivity (Wildman–Crippen MR) is 85.0 cm³/mol. The topological polar surface area (TPSA) is 144 Å². The van der Waals surface area contributed by atoms with Crippen LogP contribution < -0.4 is 16.8 Å². The second kappa shape index (κ2) is 8.78. The number of nitrogens with one attached hydrogen (secondary N) is 1. The smallest absolute Gasteiger partial charge is 0.290 e. The number of rotatable bonds is 4. The van der Waals surface area contributed by atoms with Gasteiger partial charge in [-0.2, -0.15) is 4.99 Å². The highest BCUT2D eigenvalue weighted by Crippen LogP contribution is 2.33. The molecule has 0 radical (unpaired) electrons. The Kier molecular flexibility index (Phi) is 7.03. The Morgan fingerprint density at radius 3 is 2.86 bits per heavy atom. The minimum absolute atomic E-state index is 0.0000435. The number of thiazole rings is 1. The summed E-state index contributed by atoms with van der Waals surface area (Å²) >= 11 is 1.45. The third kappa shape index (κ3) is 5.17. The molecule has 1 aliphatic carbocycles. The fourth-order valence-electron chi connectivity index (χ4n) is 2.06. The molecule has 1 aliphatic rings. The molecule has 0 saturated heterocycles.